The summed E-state index contributed by atoms with van der Waals surface area (Å²) >= 11 is 0. The molecule has 0 radical (unpaired) electrons. The van der Waals surface area contributed by atoms with Gasteiger partial charge in [0.05, 0.1) is 22.7 Å². The number of hydrogen-bond acceptors (Lipinski definition) is 3. The molecular formula is C18H17F3N2O3S. The molecule has 2 rings (SSSR count). The first-order valence-corrected chi connectivity index (χ1v) is 9.18. The molecule has 0 aliphatic heterocycles. The SMILES string of the molecule is C=CCN(c1ccc(C(F)(F)F)cc1)S(=O)(=O)c1ccc(NC(C)=O)cc1. The fraction of sp³-hybridized carbons (Fsp3) is 0.167. The number of benzene rings is 2. The summed E-state index contributed by atoms with van der Waals surface area (Å²) in [6, 6.07) is 9.29. The van der Waals surface area contributed by atoms with Crippen molar-refractivity contribution in [1.29, 1.82) is 0 Å². The smallest absolute Gasteiger partial charge is 0.326 e. The Balaban J connectivity index is 2.39. The van der Waals surface area contributed by atoms with Crippen LogP contribution in [0.15, 0.2) is 66.1 Å². The predicted molar refractivity (Wildman–Crippen MR) is 96.9 cm³/mol. The molecule has 0 bridgehead atoms. The van der Waals surface area contributed by atoms with E-state index < -0.39 is 21.8 Å². The van der Waals surface area contributed by atoms with E-state index in [2.05, 4.69) is 11.9 Å². The molecule has 0 aliphatic rings. The topological polar surface area (TPSA) is 66.5 Å². The molecule has 1 N–H and O–H groups in total. The van der Waals surface area contributed by atoms with Gasteiger partial charge in [-0.1, -0.05) is 6.08 Å². The highest BCUT2D eigenvalue weighted by Gasteiger charge is 2.31. The molecule has 0 unspecified atom stereocenters. The number of carbonyl (C=O) groups excluding carboxylic acids is 1. The molecule has 9 heteroatoms. The molecule has 144 valence electrons. The van der Waals surface area contributed by atoms with E-state index in [4.69, 9.17) is 0 Å². The number of alkyl halides is 3. The van der Waals surface area contributed by atoms with Crippen molar-refractivity contribution >= 4 is 27.3 Å². The molecule has 0 saturated carbocycles. The molecule has 0 spiro atoms. The van der Waals surface area contributed by atoms with Crippen LogP contribution in [0.2, 0.25) is 0 Å². The summed E-state index contributed by atoms with van der Waals surface area (Å²) in [5.74, 6) is -0.302. The van der Waals surface area contributed by atoms with Gasteiger partial charge in [0.2, 0.25) is 5.91 Å². The van der Waals surface area contributed by atoms with Gasteiger partial charge in [-0.15, -0.1) is 6.58 Å². The van der Waals surface area contributed by atoms with Gasteiger partial charge in [0.1, 0.15) is 0 Å². The molecule has 0 fully saturated rings. The number of nitrogens with one attached hydrogen (secondary N) is 1. The molecule has 27 heavy (non-hydrogen) atoms. The van der Waals surface area contributed by atoms with Crippen LogP contribution >= 0.6 is 0 Å². The lowest BCUT2D eigenvalue weighted by atomic mass is 10.2. The predicted octanol–water partition coefficient (Wildman–Crippen LogP) is 4.05. The number of amides is 1. The third-order valence-electron chi connectivity index (χ3n) is 3.54. The first-order valence-electron chi connectivity index (χ1n) is 7.74. The van der Waals surface area contributed by atoms with E-state index in [0.29, 0.717) is 5.69 Å². The molecule has 2 aromatic carbocycles. The van der Waals surface area contributed by atoms with E-state index in [-0.39, 0.29) is 23.0 Å². The Morgan fingerprint density at radius 2 is 1.67 bits per heavy atom. The zero-order valence-corrected chi connectivity index (χ0v) is 15.1. The van der Waals surface area contributed by atoms with Crippen LogP contribution in [0.3, 0.4) is 0 Å². The fourth-order valence-corrected chi connectivity index (χ4v) is 3.75. The number of hydrogen-bond donors (Lipinski definition) is 1. The molecular weight excluding hydrogens is 381 g/mol. The molecule has 0 atom stereocenters. The number of anilines is 2. The third kappa shape index (κ3) is 4.88. The maximum absolute atomic E-state index is 12.9. The van der Waals surface area contributed by atoms with Crippen LogP contribution < -0.4 is 9.62 Å². The highest BCUT2D eigenvalue weighted by Crippen LogP contribution is 2.32. The number of rotatable bonds is 6. The fourth-order valence-electron chi connectivity index (χ4n) is 2.32. The van der Waals surface area contributed by atoms with Crippen LogP contribution in [0.4, 0.5) is 24.5 Å². The van der Waals surface area contributed by atoms with Crippen LogP contribution in [-0.4, -0.2) is 20.9 Å². The minimum Gasteiger partial charge on any atom is -0.326 e. The van der Waals surface area contributed by atoms with Crippen molar-refractivity contribution in [2.75, 3.05) is 16.2 Å². The summed E-state index contributed by atoms with van der Waals surface area (Å²) in [5, 5.41) is 2.52. The third-order valence-corrected chi connectivity index (χ3v) is 5.35. The summed E-state index contributed by atoms with van der Waals surface area (Å²) in [5.41, 5.74) is -0.373. The van der Waals surface area contributed by atoms with Gasteiger partial charge < -0.3 is 5.32 Å². The van der Waals surface area contributed by atoms with Crippen molar-refractivity contribution in [1.82, 2.24) is 0 Å². The minimum absolute atomic E-state index is 0.0710. The zero-order valence-electron chi connectivity index (χ0n) is 14.3. The first-order chi connectivity index (χ1) is 12.6. The Morgan fingerprint density at radius 3 is 2.11 bits per heavy atom. The summed E-state index contributed by atoms with van der Waals surface area (Å²) < 4.78 is 64.9. The molecule has 2 aromatic rings. The van der Waals surface area contributed by atoms with E-state index in [1.807, 2.05) is 0 Å². The molecule has 1 amide bonds. The van der Waals surface area contributed by atoms with Crippen molar-refractivity contribution in [3.05, 3.63) is 66.7 Å². The van der Waals surface area contributed by atoms with Crippen molar-refractivity contribution in [2.45, 2.75) is 18.0 Å². The van der Waals surface area contributed by atoms with Gasteiger partial charge in [0, 0.05) is 12.6 Å². The lowest BCUT2D eigenvalue weighted by molar-refractivity contribution is -0.137. The van der Waals surface area contributed by atoms with Gasteiger partial charge in [-0.2, -0.15) is 13.2 Å². The lowest BCUT2D eigenvalue weighted by Crippen LogP contribution is -2.31. The van der Waals surface area contributed by atoms with Gasteiger partial charge in [-0.05, 0) is 48.5 Å². The number of carbonyl (C=O) groups is 1. The first kappa shape index (κ1) is 20.5. The molecule has 0 saturated heterocycles. The van der Waals surface area contributed by atoms with E-state index in [1.54, 1.807) is 0 Å². The maximum atomic E-state index is 12.9. The van der Waals surface area contributed by atoms with Gasteiger partial charge in [-0.3, -0.25) is 9.10 Å². The summed E-state index contributed by atoms with van der Waals surface area (Å²) in [6.45, 7) is 4.70. The Bertz CT molecular complexity index is 922. The van der Waals surface area contributed by atoms with Crippen molar-refractivity contribution < 1.29 is 26.4 Å². The van der Waals surface area contributed by atoms with Crippen LogP contribution in [0.5, 0.6) is 0 Å². The van der Waals surface area contributed by atoms with Crippen LogP contribution in [0.1, 0.15) is 12.5 Å². The number of sulfonamides is 1. The van der Waals surface area contributed by atoms with Crippen molar-refractivity contribution in [3.63, 3.8) is 0 Å². The zero-order chi connectivity index (χ0) is 20.2. The number of nitrogens with zero attached hydrogens (tertiary/aromatic N) is 1. The normalized spacial score (nSPS) is 11.7. The monoisotopic (exact) mass is 398 g/mol. The van der Waals surface area contributed by atoms with Crippen LogP contribution in [0, 0.1) is 0 Å². The Kier molecular flexibility index (Phi) is 5.94. The highest BCUT2D eigenvalue weighted by atomic mass is 32.2. The average Bonchev–Trinajstić information content (AvgIpc) is 2.59. The molecule has 0 heterocycles. The van der Waals surface area contributed by atoms with Gasteiger partial charge in [0.25, 0.3) is 10.0 Å². The van der Waals surface area contributed by atoms with Gasteiger partial charge in [0.15, 0.2) is 0 Å². The van der Waals surface area contributed by atoms with Crippen LogP contribution in [0.25, 0.3) is 0 Å². The summed E-state index contributed by atoms with van der Waals surface area (Å²) in [7, 11) is -4.04. The van der Waals surface area contributed by atoms with E-state index in [1.165, 1.54) is 37.3 Å². The second kappa shape index (κ2) is 7.83. The quantitative estimate of drug-likeness (QED) is 0.747. The summed E-state index contributed by atoms with van der Waals surface area (Å²) in [6.07, 6.45) is -3.18. The van der Waals surface area contributed by atoms with E-state index in [9.17, 15) is 26.4 Å². The highest BCUT2D eigenvalue weighted by molar-refractivity contribution is 7.92. The molecule has 0 aromatic heterocycles. The Morgan fingerprint density at radius 1 is 1.11 bits per heavy atom. The Hall–Kier alpha value is -2.81. The van der Waals surface area contributed by atoms with Crippen molar-refractivity contribution in [2.24, 2.45) is 0 Å². The maximum Gasteiger partial charge on any atom is 0.416 e. The second-order valence-electron chi connectivity index (χ2n) is 5.58. The minimum atomic E-state index is -4.51. The van der Waals surface area contributed by atoms with E-state index >= 15 is 0 Å². The average molecular weight is 398 g/mol. The van der Waals surface area contributed by atoms with E-state index in [0.717, 1.165) is 28.6 Å². The number of halogens is 3. The standard InChI is InChI=1S/C18H17F3N2O3S/c1-3-12-23(16-8-4-14(5-9-16)18(19,20)21)27(25,26)17-10-6-15(7-11-17)22-13(2)24/h3-11H,1,12H2,2H3,(H,22,24). The largest absolute Gasteiger partial charge is 0.416 e. The van der Waals surface area contributed by atoms with Gasteiger partial charge >= 0.3 is 6.18 Å². The lowest BCUT2D eigenvalue weighted by Gasteiger charge is -2.23. The van der Waals surface area contributed by atoms with Crippen molar-refractivity contribution in [3.8, 4) is 0 Å². The Labute approximate surface area is 155 Å². The molecule has 0 aliphatic carbocycles. The van der Waals surface area contributed by atoms with Gasteiger partial charge in [-0.25, -0.2) is 8.42 Å². The molecule has 5 nitrogen and oxygen atoms in total. The second-order valence-corrected chi connectivity index (χ2v) is 7.44. The summed E-state index contributed by atoms with van der Waals surface area (Å²) in [4.78, 5) is 11.0. The van der Waals surface area contributed by atoms with Crippen LogP contribution in [-0.2, 0) is 21.0 Å².